The molecule has 10 heavy (non-hydrogen) atoms. The molecule has 0 aliphatic rings. The molecule has 0 amide bonds. The van der Waals surface area contributed by atoms with Crippen LogP contribution in [0.25, 0.3) is 0 Å². The predicted octanol–water partition coefficient (Wildman–Crippen LogP) is 3.06. The molecule has 1 atom stereocenters. The summed E-state index contributed by atoms with van der Waals surface area (Å²) in [5.41, 5.74) is 0. The van der Waals surface area contributed by atoms with Crippen molar-refractivity contribution in [1.82, 2.24) is 0 Å². The Bertz CT molecular complexity index is 264. The minimum atomic E-state index is -1.74. The van der Waals surface area contributed by atoms with Gasteiger partial charge in [0, 0.05) is 0 Å². The summed E-state index contributed by atoms with van der Waals surface area (Å²) in [6.07, 6.45) is 0. The third-order valence-electron chi connectivity index (χ3n) is 1.04. The first-order chi connectivity index (χ1) is 4.72. The van der Waals surface area contributed by atoms with Crippen LogP contribution in [0.5, 0.6) is 0 Å². The van der Waals surface area contributed by atoms with E-state index >= 15 is 0 Å². The second-order valence-corrected chi connectivity index (χ2v) is 4.44. The minimum Gasteiger partial charge on any atom is -0.0608 e. The van der Waals surface area contributed by atoms with E-state index in [0.29, 0.717) is 5.30 Å². The highest BCUT2D eigenvalue weighted by Gasteiger charge is 2.18. The molecule has 0 fully saturated rings. The maximum Gasteiger partial charge on any atom is 0.495 e. The van der Waals surface area contributed by atoms with Crippen LogP contribution >= 0.6 is 34.3 Å². The van der Waals surface area contributed by atoms with Crippen molar-refractivity contribution >= 4 is 39.6 Å². The molecule has 0 saturated heterocycles. The van der Waals surface area contributed by atoms with Crippen LogP contribution in [0.2, 0.25) is 0 Å². The van der Waals surface area contributed by atoms with Crippen molar-refractivity contribution in [3.05, 3.63) is 28.7 Å². The Labute approximate surface area is 73.1 Å². The van der Waals surface area contributed by atoms with Gasteiger partial charge in [0.1, 0.15) is 0 Å². The van der Waals surface area contributed by atoms with E-state index in [-0.39, 0.29) is 0 Å². The summed E-state index contributed by atoms with van der Waals surface area (Å²) in [6, 6.07) is 7.19. The summed E-state index contributed by atoms with van der Waals surface area (Å²) in [6.45, 7) is 0. The Kier molecular flexibility index (Phi) is 2.84. The van der Waals surface area contributed by atoms with Crippen LogP contribution in [0.3, 0.4) is 0 Å². The lowest BCUT2D eigenvalue weighted by molar-refractivity contribution is 0.600. The number of hydrogen-bond acceptors (Lipinski definition) is 1. The maximum absolute atomic E-state index is 10.7. The fourth-order valence-corrected chi connectivity index (χ4v) is 2.56. The zero-order chi connectivity index (χ0) is 7.56. The third-order valence-corrected chi connectivity index (χ3v) is 3.35. The monoisotopic (exact) mass is 237 g/mol. The molecule has 1 nitrogen and oxygen atoms in total. The molecule has 52 valence electrons. The van der Waals surface area contributed by atoms with Crippen molar-refractivity contribution in [3.63, 3.8) is 0 Å². The van der Waals surface area contributed by atoms with Gasteiger partial charge in [-0.1, -0.05) is 12.1 Å². The number of hydrogen-bond donors (Lipinski definition) is 0. The van der Waals surface area contributed by atoms with Crippen molar-refractivity contribution in [1.29, 1.82) is 0 Å². The predicted molar refractivity (Wildman–Crippen MR) is 47.2 cm³/mol. The second kappa shape index (κ2) is 3.47. The standard InChI is InChI=1S/C6H4BrClOP/c7-5-3-1-2-4-6(5)10(8)9/h1-4H/q+1. The van der Waals surface area contributed by atoms with Crippen molar-refractivity contribution in [3.8, 4) is 0 Å². The average Bonchev–Trinajstić information content (AvgIpc) is 1.88. The van der Waals surface area contributed by atoms with Crippen molar-refractivity contribution in [2.75, 3.05) is 0 Å². The van der Waals surface area contributed by atoms with Crippen LogP contribution in [-0.2, 0) is 4.57 Å². The number of rotatable bonds is 1. The Morgan fingerprint density at radius 2 is 2.00 bits per heavy atom. The molecule has 0 N–H and O–H groups in total. The van der Waals surface area contributed by atoms with E-state index in [4.69, 9.17) is 11.2 Å². The molecule has 0 saturated carbocycles. The fraction of sp³-hybridized carbons (Fsp3) is 0. The zero-order valence-electron chi connectivity index (χ0n) is 4.92. The van der Waals surface area contributed by atoms with Gasteiger partial charge in [-0.2, -0.15) is 0 Å². The second-order valence-electron chi connectivity index (χ2n) is 1.70. The lowest BCUT2D eigenvalue weighted by atomic mass is 10.4. The Hall–Kier alpha value is 0.0900. The maximum atomic E-state index is 10.7. The van der Waals surface area contributed by atoms with E-state index in [9.17, 15) is 4.57 Å². The topological polar surface area (TPSA) is 17.1 Å². The van der Waals surface area contributed by atoms with E-state index in [0.717, 1.165) is 4.47 Å². The first kappa shape index (κ1) is 8.19. The highest BCUT2D eigenvalue weighted by Crippen LogP contribution is 2.28. The van der Waals surface area contributed by atoms with E-state index in [1.165, 1.54) is 0 Å². The van der Waals surface area contributed by atoms with Crippen LogP contribution in [0, 0.1) is 0 Å². The highest BCUT2D eigenvalue weighted by molar-refractivity contribution is 9.10. The number of benzene rings is 1. The molecule has 1 rings (SSSR count). The quantitative estimate of drug-likeness (QED) is 0.687. The van der Waals surface area contributed by atoms with E-state index in [1.54, 1.807) is 12.1 Å². The van der Waals surface area contributed by atoms with Gasteiger partial charge in [0.25, 0.3) is 0 Å². The van der Waals surface area contributed by atoms with Crippen molar-refractivity contribution < 1.29 is 4.57 Å². The van der Waals surface area contributed by atoms with Gasteiger partial charge >= 0.3 is 7.15 Å². The van der Waals surface area contributed by atoms with Crippen molar-refractivity contribution in [2.45, 2.75) is 0 Å². The van der Waals surface area contributed by atoms with Crippen LogP contribution in [0.4, 0.5) is 0 Å². The van der Waals surface area contributed by atoms with Gasteiger partial charge in [-0.05, 0) is 32.6 Å². The van der Waals surface area contributed by atoms with Crippen LogP contribution < -0.4 is 5.30 Å². The molecule has 0 aliphatic heterocycles. The van der Waals surface area contributed by atoms with Crippen molar-refractivity contribution in [2.24, 2.45) is 0 Å². The van der Waals surface area contributed by atoms with Gasteiger partial charge in [-0.15, -0.1) is 0 Å². The Morgan fingerprint density at radius 3 is 2.40 bits per heavy atom. The summed E-state index contributed by atoms with van der Waals surface area (Å²) in [5, 5.41) is 0.652. The Balaban J connectivity index is 3.15. The first-order valence-electron chi connectivity index (χ1n) is 2.59. The molecular weight excluding hydrogens is 234 g/mol. The van der Waals surface area contributed by atoms with Gasteiger partial charge < -0.3 is 0 Å². The normalized spacial score (nSPS) is 11.2. The molecule has 1 aromatic rings. The highest BCUT2D eigenvalue weighted by atomic mass is 79.9. The molecule has 0 spiro atoms. The molecule has 0 aliphatic carbocycles. The van der Waals surface area contributed by atoms with Gasteiger partial charge in [0.2, 0.25) is 16.5 Å². The Morgan fingerprint density at radius 1 is 1.40 bits per heavy atom. The van der Waals surface area contributed by atoms with Crippen LogP contribution in [-0.4, -0.2) is 0 Å². The lowest BCUT2D eigenvalue weighted by Gasteiger charge is -1.85. The smallest absolute Gasteiger partial charge is 0.0608 e. The average molecular weight is 238 g/mol. The SMILES string of the molecule is O=[P+](Cl)c1ccccc1Br. The zero-order valence-corrected chi connectivity index (χ0v) is 8.16. The van der Waals surface area contributed by atoms with Gasteiger partial charge in [-0.3, -0.25) is 0 Å². The largest absolute Gasteiger partial charge is 0.495 e. The first-order valence-corrected chi connectivity index (χ1v) is 5.55. The molecule has 1 aromatic carbocycles. The summed E-state index contributed by atoms with van der Waals surface area (Å²) in [7, 11) is -1.74. The summed E-state index contributed by atoms with van der Waals surface area (Å²) >= 11 is 8.62. The number of halogens is 2. The molecule has 0 aromatic heterocycles. The van der Waals surface area contributed by atoms with Gasteiger partial charge in [-0.25, -0.2) is 0 Å². The molecular formula is C6H4BrClOP+. The lowest BCUT2D eigenvalue weighted by Crippen LogP contribution is -1.93. The van der Waals surface area contributed by atoms with E-state index in [2.05, 4.69) is 15.9 Å². The van der Waals surface area contributed by atoms with E-state index in [1.807, 2.05) is 12.1 Å². The summed E-state index contributed by atoms with van der Waals surface area (Å²) in [4.78, 5) is 0. The molecule has 0 heterocycles. The summed E-state index contributed by atoms with van der Waals surface area (Å²) in [5.74, 6) is 0. The fourth-order valence-electron chi connectivity index (χ4n) is 0.594. The molecule has 0 radical (unpaired) electrons. The molecule has 4 heteroatoms. The van der Waals surface area contributed by atoms with Gasteiger partial charge in [0.05, 0.1) is 4.47 Å². The minimum absolute atomic E-state index is 0.652. The van der Waals surface area contributed by atoms with E-state index < -0.39 is 7.15 Å². The third kappa shape index (κ3) is 1.79. The van der Waals surface area contributed by atoms with Gasteiger partial charge in [0.15, 0.2) is 0 Å². The van der Waals surface area contributed by atoms with Crippen LogP contribution in [0.1, 0.15) is 0 Å². The van der Waals surface area contributed by atoms with Crippen LogP contribution in [0.15, 0.2) is 28.7 Å². The summed E-state index contributed by atoms with van der Waals surface area (Å²) < 4.78 is 11.5. The molecule has 1 unspecified atom stereocenters. The molecule has 0 bridgehead atoms.